The molecule has 5 nitrogen and oxygen atoms in total. The van der Waals surface area contributed by atoms with Crippen molar-refractivity contribution in [2.24, 2.45) is 0 Å². The minimum atomic E-state index is -1.22. The third-order valence-electron chi connectivity index (χ3n) is 2.00. The smallest absolute Gasteiger partial charge is 0.308 e. The summed E-state index contributed by atoms with van der Waals surface area (Å²) in [6, 6.07) is 0. The van der Waals surface area contributed by atoms with E-state index in [0.29, 0.717) is 6.61 Å². The Bertz CT molecular complexity index is 235. The predicted octanol–water partition coefficient (Wildman–Crippen LogP) is 1.03. The van der Waals surface area contributed by atoms with Gasteiger partial charge in [0.15, 0.2) is 0 Å². The molecule has 0 aromatic carbocycles. The molecule has 0 aliphatic rings. The van der Waals surface area contributed by atoms with Gasteiger partial charge >= 0.3 is 11.9 Å². The van der Waals surface area contributed by atoms with Gasteiger partial charge in [0.05, 0.1) is 25.2 Å². The highest BCUT2D eigenvalue weighted by atomic mass is 16.5. The van der Waals surface area contributed by atoms with E-state index in [9.17, 15) is 14.7 Å². The van der Waals surface area contributed by atoms with E-state index in [4.69, 9.17) is 9.47 Å². The summed E-state index contributed by atoms with van der Waals surface area (Å²) in [5, 5.41) is 9.82. The van der Waals surface area contributed by atoms with Crippen LogP contribution in [0.1, 0.15) is 40.0 Å². The van der Waals surface area contributed by atoms with Gasteiger partial charge in [-0.25, -0.2) is 0 Å². The first-order valence-corrected chi connectivity index (χ1v) is 5.45. The number of rotatable bonds is 7. The minimum absolute atomic E-state index is 0.0975. The van der Waals surface area contributed by atoms with Gasteiger partial charge in [-0.3, -0.25) is 9.59 Å². The summed E-state index contributed by atoms with van der Waals surface area (Å²) in [6.45, 7) is 5.52. The Morgan fingerprint density at radius 1 is 1.12 bits per heavy atom. The molecule has 0 aliphatic carbocycles. The van der Waals surface area contributed by atoms with Gasteiger partial charge in [0, 0.05) is 6.42 Å². The highest BCUT2D eigenvalue weighted by Crippen LogP contribution is 2.17. The van der Waals surface area contributed by atoms with Crippen molar-refractivity contribution in [3.05, 3.63) is 0 Å². The average molecular weight is 232 g/mol. The van der Waals surface area contributed by atoms with Crippen molar-refractivity contribution < 1.29 is 24.2 Å². The third-order valence-corrected chi connectivity index (χ3v) is 2.00. The summed E-state index contributed by atoms with van der Waals surface area (Å²) in [5.41, 5.74) is -1.22. The summed E-state index contributed by atoms with van der Waals surface area (Å²) < 4.78 is 9.44. The Labute approximate surface area is 95.7 Å². The van der Waals surface area contributed by atoms with Crippen molar-refractivity contribution >= 4 is 11.9 Å². The fourth-order valence-corrected chi connectivity index (χ4v) is 1.22. The molecule has 5 heteroatoms. The van der Waals surface area contributed by atoms with Crippen molar-refractivity contribution in [3.8, 4) is 0 Å². The van der Waals surface area contributed by atoms with Crippen LogP contribution in [0.15, 0.2) is 0 Å². The third kappa shape index (κ3) is 7.23. The van der Waals surface area contributed by atoms with E-state index in [1.807, 2.05) is 0 Å². The lowest BCUT2D eigenvalue weighted by molar-refractivity contribution is -0.151. The zero-order valence-corrected chi connectivity index (χ0v) is 10.1. The molecule has 0 bridgehead atoms. The summed E-state index contributed by atoms with van der Waals surface area (Å²) in [7, 11) is 0. The molecule has 1 atom stereocenters. The first-order valence-electron chi connectivity index (χ1n) is 5.45. The van der Waals surface area contributed by atoms with Crippen molar-refractivity contribution in [2.45, 2.75) is 45.6 Å². The molecular weight excluding hydrogens is 212 g/mol. The second-order valence-electron chi connectivity index (χ2n) is 3.78. The molecule has 0 saturated carbocycles. The van der Waals surface area contributed by atoms with Crippen molar-refractivity contribution in [1.29, 1.82) is 0 Å². The molecule has 0 fully saturated rings. The van der Waals surface area contributed by atoms with E-state index in [1.165, 1.54) is 6.92 Å². The van der Waals surface area contributed by atoms with Crippen LogP contribution in [0.5, 0.6) is 0 Å². The van der Waals surface area contributed by atoms with E-state index in [1.54, 1.807) is 13.8 Å². The molecule has 94 valence electrons. The van der Waals surface area contributed by atoms with Gasteiger partial charge < -0.3 is 14.6 Å². The number of aliphatic hydroxyl groups is 1. The molecule has 1 N–H and O–H groups in total. The molecule has 16 heavy (non-hydrogen) atoms. The lowest BCUT2D eigenvalue weighted by Crippen LogP contribution is -2.29. The molecule has 0 aromatic rings. The first kappa shape index (κ1) is 14.9. The molecule has 0 heterocycles. The Kier molecular flexibility index (Phi) is 6.72. The van der Waals surface area contributed by atoms with E-state index in [2.05, 4.69) is 0 Å². The molecule has 0 saturated heterocycles. The van der Waals surface area contributed by atoms with E-state index < -0.39 is 11.6 Å². The Morgan fingerprint density at radius 2 is 1.62 bits per heavy atom. The number of hydrogen-bond donors (Lipinski definition) is 1. The van der Waals surface area contributed by atoms with Crippen LogP contribution < -0.4 is 0 Å². The Balaban J connectivity index is 3.94. The zero-order valence-electron chi connectivity index (χ0n) is 10.1. The van der Waals surface area contributed by atoms with Gasteiger partial charge in [-0.1, -0.05) is 0 Å². The summed E-state index contributed by atoms with van der Waals surface area (Å²) in [4.78, 5) is 22.2. The Morgan fingerprint density at radius 3 is 2.12 bits per heavy atom. The van der Waals surface area contributed by atoms with Crippen molar-refractivity contribution in [3.63, 3.8) is 0 Å². The first-order chi connectivity index (χ1) is 7.41. The van der Waals surface area contributed by atoms with Gasteiger partial charge in [-0.05, 0) is 27.2 Å². The number of carbonyl (C=O) groups excluding carboxylic acids is 2. The molecule has 0 amide bonds. The summed E-state index contributed by atoms with van der Waals surface area (Å²) in [5.74, 6) is -0.831. The normalized spacial score (nSPS) is 14.0. The Hall–Kier alpha value is -1.10. The van der Waals surface area contributed by atoms with Crippen molar-refractivity contribution in [1.82, 2.24) is 0 Å². The van der Waals surface area contributed by atoms with E-state index >= 15 is 0 Å². The number of carbonyl (C=O) groups is 2. The van der Waals surface area contributed by atoms with E-state index in [0.717, 1.165) is 0 Å². The molecule has 0 spiro atoms. The van der Waals surface area contributed by atoms with Crippen LogP contribution in [0.4, 0.5) is 0 Å². The zero-order chi connectivity index (χ0) is 12.6. The maximum atomic E-state index is 11.1. The largest absolute Gasteiger partial charge is 0.466 e. The van der Waals surface area contributed by atoms with Crippen LogP contribution in [0.25, 0.3) is 0 Å². The average Bonchev–Trinajstić information content (AvgIpc) is 2.15. The van der Waals surface area contributed by atoms with Crippen LogP contribution in [-0.2, 0) is 19.1 Å². The second-order valence-corrected chi connectivity index (χ2v) is 3.78. The molecule has 0 aromatic heterocycles. The fraction of sp³-hybridized carbons (Fsp3) is 0.818. The summed E-state index contributed by atoms with van der Waals surface area (Å²) in [6.07, 6.45) is 0.172. The standard InChI is InChI=1S/C11H20O5/c1-4-15-9(12)6-7-11(3,14)8-10(13)16-5-2/h14H,4-8H2,1-3H3/t11-/m1/s1. The molecular formula is C11H20O5. The maximum Gasteiger partial charge on any atom is 0.308 e. The summed E-state index contributed by atoms with van der Waals surface area (Å²) >= 11 is 0. The van der Waals surface area contributed by atoms with Gasteiger partial charge in [0.1, 0.15) is 0 Å². The van der Waals surface area contributed by atoms with Crippen LogP contribution in [0, 0.1) is 0 Å². The van der Waals surface area contributed by atoms with Gasteiger partial charge in [-0.15, -0.1) is 0 Å². The molecule has 0 radical (unpaired) electrons. The lowest BCUT2D eigenvalue weighted by atomic mass is 9.96. The van der Waals surface area contributed by atoms with Gasteiger partial charge in [-0.2, -0.15) is 0 Å². The predicted molar refractivity (Wildman–Crippen MR) is 57.7 cm³/mol. The number of esters is 2. The molecule has 0 aliphatic heterocycles. The van der Waals surface area contributed by atoms with Gasteiger partial charge in [0.25, 0.3) is 0 Å². The fourth-order valence-electron chi connectivity index (χ4n) is 1.22. The minimum Gasteiger partial charge on any atom is -0.466 e. The van der Waals surface area contributed by atoms with Crippen LogP contribution in [0.2, 0.25) is 0 Å². The maximum absolute atomic E-state index is 11.1. The van der Waals surface area contributed by atoms with Crippen LogP contribution in [0.3, 0.4) is 0 Å². The lowest BCUT2D eigenvalue weighted by Gasteiger charge is -2.21. The van der Waals surface area contributed by atoms with Gasteiger partial charge in [0.2, 0.25) is 0 Å². The quantitative estimate of drug-likeness (QED) is 0.664. The topological polar surface area (TPSA) is 72.8 Å². The number of ether oxygens (including phenoxy) is 2. The SMILES string of the molecule is CCOC(=O)CC[C@@](C)(O)CC(=O)OCC. The molecule has 0 unspecified atom stereocenters. The molecule has 0 rings (SSSR count). The highest BCUT2D eigenvalue weighted by molar-refractivity contribution is 5.71. The highest BCUT2D eigenvalue weighted by Gasteiger charge is 2.26. The van der Waals surface area contributed by atoms with Crippen LogP contribution in [-0.4, -0.2) is 35.9 Å². The van der Waals surface area contributed by atoms with E-state index in [-0.39, 0.29) is 31.8 Å². The number of hydrogen-bond acceptors (Lipinski definition) is 5. The monoisotopic (exact) mass is 232 g/mol. The van der Waals surface area contributed by atoms with Crippen LogP contribution >= 0.6 is 0 Å². The second kappa shape index (κ2) is 7.22. The van der Waals surface area contributed by atoms with Crippen molar-refractivity contribution in [2.75, 3.05) is 13.2 Å².